The van der Waals surface area contributed by atoms with Crippen LogP contribution in [-0.2, 0) is 10.3 Å². The quantitative estimate of drug-likeness (QED) is 0.345. The van der Waals surface area contributed by atoms with Gasteiger partial charge in [0.05, 0.1) is 0 Å². The number of nitrogens with two attached hydrogens (primary N) is 1. The first-order valence-electron chi connectivity index (χ1n) is 5.32. The van der Waals surface area contributed by atoms with Crippen LogP contribution < -0.4 is 11.1 Å². The largest absolute Gasteiger partial charge is 0.368 e. The monoisotopic (exact) mass is 251 g/mol. The average Bonchev–Trinajstić information content (AvgIpc) is 2.35. The summed E-state index contributed by atoms with van der Waals surface area (Å²) in [6, 6.07) is 5.48. The van der Waals surface area contributed by atoms with Gasteiger partial charge in [-0.2, -0.15) is 0 Å². The number of benzene rings is 1. The number of carbonyl (C=O) groups is 1. The van der Waals surface area contributed by atoms with Crippen molar-refractivity contribution >= 4 is 5.91 Å². The topological polar surface area (TPSA) is 104 Å². The molecule has 0 aliphatic heterocycles. The summed E-state index contributed by atoms with van der Waals surface area (Å²) >= 11 is 0. The van der Waals surface area contributed by atoms with Crippen LogP contribution in [0.25, 0.3) is 10.4 Å². The lowest BCUT2D eigenvalue weighted by molar-refractivity contribution is -0.124. The molecule has 0 aliphatic carbocycles. The summed E-state index contributed by atoms with van der Waals surface area (Å²) in [5.41, 5.74) is 12.9. The van der Waals surface area contributed by atoms with Crippen molar-refractivity contribution in [2.24, 2.45) is 10.8 Å². The minimum absolute atomic E-state index is 0.195. The van der Waals surface area contributed by atoms with Gasteiger partial charge in [0.25, 0.3) is 0 Å². The molecule has 1 atom stereocenters. The van der Waals surface area contributed by atoms with Gasteiger partial charge in [0.15, 0.2) is 0 Å². The van der Waals surface area contributed by atoms with Crippen LogP contribution in [0.5, 0.6) is 0 Å². The Labute approximate surface area is 104 Å². The molecule has 0 bridgehead atoms. The predicted molar refractivity (Wildman–Crippen MR) is 65.0 cm³/mol. The van der Waals surface area contributed by atoms with Crippen LogP contribution in [0.1, 0.15) is 12.5 Å². The van der Waals surface area contributed by atoms with Crippen molar-refractivity contribution in [1.29, 1.82) is 0 Å². The summed E-state index contributed by atoms with van der Waals surface area (Å²) in [7, 11) is 0. The molecule has 0 spiro atoms. The summed E-state index contributed by atoms with van der Waals surface area (Å²) in [5, 5.41) is 6.25. The lowest BCUT2D eigenvalue weighted by atomic mass is 9.91. The molecule has 0 heterocycles. The maximum absolute atomic E-state index is 12.8. The number of azide groups is 1. The van der Waals surface area contributed by atoms with E-state index in [1.165, 1.54) is 24.3 Å². The van der Waals surface area contributed by atoms with Gasteiger partial charge in [0.1, 0.15) is 11.4 Å². The zero-order chi connectivity index (χ0) is 13.6. The fourth-order valence-corrected chi connectivity index (χ4v) is 1.52. The molecule has 1 rings (SSSR count). The van der Waals surface area contributed by atoms with Crippen molar-refractivity contribution in [3.63, 3.8) is 0 Å². The second-order valence-corrected chi connectivity index (χ2v) is 3.88. The molecule has 0 saturated carbocycles. The van der Waals surface area contributed by atoms with E-state index in [0.717, 1.165) is 0 Å². The second-order valence-electron chi connectivity index (χ2n) is 3.88. The molecule has 6 nitrogen and oxygen atoms in total. The van der Waals surface area contributed by atoms with Gasteiger partial charge in [-0.15, -0.1) is 0 Å². The van der Waals surface area contributed by atoms with Crippen LogP contribution in [0.2, 0.25) is 0 Å². The van der Waals surface area contributed by atoms with E-state index < -0.39 is 11.4 Å². The number of hydrogen-bond donors (Lipinski definition) is 2. The van der Waals surface area contributed by atoms with Crippen molar-refractivity contribution in [3.8, 4) is 0 Å². The van der Waals surface area contributed by atoms with Crippen LogP contribution >= 0.6 is 0 Å². The van der Waals surface area contributed by atoms with Crippen LogP contribution in [0.15, 0.2) is 29.4 Å². The van der Waals surface area contributed by atoms with Crippen molar-refractivity contribution in [2.45, 2.75) is 12.5 Å². The number of nitrogens with zero attached hydrogens (tertiary/aromatic N) is 3. The third kappa shape index (κ3) is 3.19. The highest BCUT2D eigenvalue weighted by Gasteiger charge is 2.32. The van der Waals surface area contributed by atoms with Gasteiger partial charge in [0, 0.05) is 18.0 Å². The molecule has 0 aliphatic rings. The first-order valence-corrected chi connectivity index (χ1v) is 5.32. The van der Waals surface area contributed by atoms with Gasteiger partial charge in [-0.25, -0.2) is 4.39 Å². The smallest absolute Gasteiger partial charge is 0.242 e. The summed E-state index contributed by atoms with van der Waals surface area (Å²) in [6.07, 6.45) is 0. The van der Waals surface area contributed by atoms with E-state index in [4.69, 9.17) is 11.3 Å². The van der Waals surface area contributed by atoms with Crippen LogP contribution in [-0.4, -0.2) is 19.0 Å². The van der Waals surface area contributed by atoms with Crippen LogP contribution in [0.3, 0.4) is 0 Å². The van der Waals surface area contributed by atoms with Crippen LogP contribution in [0, 0.1) is 5.82 Å². The highest BCUT2D eigenvalue weighted by molar-refractivity contribution is 5.85. The molecule has 7 heteroatoms. The molecule has 0 saturated heterocycles. The van der Waals surface area contributed by atoms with Gasteiger partial charge in [0.2, 0.25) is 5.91 Å². The standard InChI is InChI=1S/C11H14FN5O/c1-11(10(13)18,15-6-7-16-17-14)8-2-4-9(12)5-3-8/h2-5,15H,6-7H2,1H3,(H2,13,18). The number of carbonyl (C=O) groups excluding carboxylic acids is 1. The van der Waals surface area contributed by atoms with E-state index in [9.17, 15) is 9.18 Å². The molecule has 18 heavy (non-hydrogen) atoms. The fraction of sp³-hybridized carbons (Fsp3) is 0.364. The number of hydrogen-bond acceptors (Lipinski definition) is 3. The van der Waals surface area contributed by atoms with E-state index in [0.29, 0.717) is 12.1 Å². The maximum atomic E-state index is 12.8. The molecule has 1 aromatic rings. The maximum Gasteiger partial charge on any atom is 0.242 e. The molecule has 1 amide bonds. The summed E-state index contributed by atoms with van der Waals surface area (Å²) in [6.45, 7) is 2.08. The lowest BCUT2D eigenvalue weighted by Crippen LogP contribution is -2.51. The van der Waals surface area contributed by atoms with Gasteiger partial charge in [-0.1, -0.05) is 17.2 Å². The lowest BCUT2D eigenvalue weighted by Gasteiger charge is -2.27. The van der Waals surface area contributed by atoms with Crippen molar-refractivity contribution in [2.75, 3.05) is 13.1 Å². The third-order valence-corrected chi connectivity index (χ3v) is 2.67. The normalized spacial score (nSPS) is 13.4. The van der Waals surface area contributed by atoms with Crippen molar-refractivity contribution in [1.82, 2.24) is 5.32 Å². The molecule has 0 aromatic heterocycles. The highest BCUT2D eigenvalue weighted by Crippen LogP contribution is 2.20. The molecule has 1 aromatic carbocycles. The number of nitrogens with one attached hydrogen (secondary N) is 1. The minimum Gasteiger partial charge on any atom is -0.368 e. The van der Waals surface area contributed by atoms with Crippen molar-refractivity contribution in [3.05, 3.63) is 46.1 Å². The van der Waals surface area contributed by atoms with Crippen LogP contribution in [0.4, 0.5) is 4.39 Å². The second kappa shape index (κ2) is 6.00. The zero-order valence-corrected chi connectivity index (χ0v) is 9.93. The van der Waals surface area contributed by atoms with E-state index in [1.54, 1.807) is 6.92 Å². The van der Waals surface area contributed by atoms with Gasteiger partial charge < -0.3 is 5.73 Å². The summed E-state index contributed by atoms with van der Waals surface area (Å²) < 4.78 is 12.8. The summed E-state index contributed by atoms with van der Waals surface area (Å²) in [4.78, 5) is 14.1. The SMILES string of the molecule is CC(NCCN=[N+]=[N-])(C(N)=O)c1ccc(F)cc1. The van der Waals surface area contributed by atoms with Crippen molar-refractivity contribution < 1.29 is 9.18 Å². The Morgan fingerprint density at radius 1 is 1.56 bits per heavy atom. The fourth-order valence-electron chi connectivity index (χ4n) is 1.52. The Balaban J connectivity index is 2.89. The number of primary amides is 1. The molecular formula is C11H14FN5O. The molecule has 3 N–H and O–H groups in total. The Kier molecular flexibility index (Phi) is 4.65. The van der Waals surface area contributed by atoms with E-state index >= 15 is 0 Å². The Morgan fingerprint density at radius 3 is 2.67 bits per heavy atom. The Morgan fingerprint density at radius 2 is 2.17 bits per heavy atom. The molecular weight excluding hydrogens is 237 g/mol. The van der Waals surface area contributed by atoms with Gasteiger partial charge in [-0.05, 0) is 30.2 Å². The molecule has 0 fully saturated rings. The first-order chi connectivity index (χ1) is 8.50. The minimum atomic E-state index is -1.13. The Hall–Kier alpha value is -2.11. The number of halogens is 1. The van der Waals surface area contributed by atoms with Gasteiger partial charge in [-0.3, -0.25) is 10.1 Å². The van der Waals surface area contributed by atoms with E-state index in [1.807, 2.05) is 0 Å². The third-order valence-electron chi connectivity index (χ3n) is 2.67. The molecule has 1 unspecified atom stereocenters. The van der Waals surface area contributed by atoms with E-state index in [-0.39, 0.29) is 12.4 Å². The van der Waals surface area contributed by atoms with Gasteiger partial charge >= 0.3 is 0 Å². The molecule has 96 valence electrons. The zero-order valence-electron chi connectivity index (χ0n) is 9.93. The van der Waals surface area contributed by atoms with E-state index in [2.05, 4.69) is 15.3 Å². The molecule has 0 radical (unpaired) electrons. The average molecular weight is 251 g/mol. The highest BCUT2D eigenvalue weighted by atomic mass is 19.1. The number of rotatable bonds is 6. The first kappa shape index (κ1) is 14.0. The summed E-state index contributed by atoms with van der Waals surface area (Å²) in [5.74, 6) is -0.977. The number of amides is 1. The predicted octanol–water partition coefficient (Wildman–Crippen LogP) is 1.43. The Bertz CT molecular complexity index is 469.